The molecule has 1 N–H and O–H groups in total. The number of pyridine rings is 1. The summed E-state index contributed by atoms with van der Waals surface area (Å²) in [6, 6.07) is 11.3. The van der Waals surface area contributed by atoms with Gasteiger partial charge in [-0.1, -0.05) is 12.1 Å². The molecule has 1 aliphatic rings. The summed E-state index contributed by atoms with van der Waals surface area (Å²) >= 11 is 0. The Morgan fingerprint density at radius 3 is 2.92 bits per heavy atom. The Morgan fingerprint density at radius 1 is 1.29 bits per heavy atom. The monoisotopic (exact) mass is 327 g/mol. The standard InChI is InChI=1S/C18H21N3O3/c1-21(10-8-18(22)20-14-5-4-9-19-11-14)12-15-13-23-16-6-2-3-7-17(16)24-15/h2-7,9,11,15H,8,10,12-13H2,1H3,(H,20,22). The van der Waals surface area contributed by atoms with E-state index in [9.17, 15) is 4.79 Å². The number of benzene rings is 1. The van der Waals surface area contributed by atoms with Crippen molar-refractivity contribution in [3.63, 3.8) is 0 Å². The number of hydrogen-bond acceptors (Lipinski definition) is 5. The quantitative estimate of drug-likeness (QED) is 0.881. The number of rotatable bonds is 6. The van der Waals surface area contributed by atoms with E-state index in [1.54, 1.807) is 18.5 Å². The first kappa shape index (κ1) is 16.3. The Kier molecular flexibility index (Phi) is 5.28. The van der Waals surface area contributed by atoms with E-state index in [-0.39, 0.29) is 12.0 Å². The second-order valence-corrected chi connectivity index (χ2v) is 5.80. The molecule has 24 heavy (non-hydrogen) atoms. The van der Waals surface area contributed by atoms with Crippen molar-refractivity contribution in [1.82, 2.24) is 9.88 Å². The molecule has 0 bridgehead atoms. The first-order valence-corrected chi connectivity index (χ1v) is 7.97. The summed E-state index contributed by atoms with van der Waals surface area (Å²) < 4.78 is 11.6. The average molecular weight is 327 g/mol. The van der Waals surface area contributed by atoms with E-state index in [1.165, 1.54) is 0 Å². The van der Waals surface area contributed by atoms with Crippen molar-refractivity contribution in [3.8, 4) is 11.5 Å². The number of para-hydroxylation sites is 2. The molecule has 0 aliphatic carbocycles. The summed E-state index contributed by atoms with van der Waals surface area (Å²) in [5.41, 5.74) is 0.714. The summed E-state index contributed by atoms with van der Waals surface area (Å²) in [4.78, 5) is 18.0. The maximum atomic E-state index is 12.0. The lowest BCUT2D eigenvalue weighted by Crippen LogP contribution is -2.40. The number of likely N-dealkylation sites (N-methyl/N-ethyl adjacent to an activating group) is 1. The predicted octanol–water partition coefficient (Wildman–Crippen LogP) is 2.18. The van der Waals surface area contributed by atoms with Gasteiger partial charge in [0.1, 0.15) is 12.7 Å². The normalized spacial score (nSPS) is 16.0. The maximum Gasteiger partial charge on any atom is 0.225 e. The minimum Gasteiger partial charge on any atom is -0.486 e. The second kappa shape index (κ2) is 7.79. The number of carbonyl (C=O) groups excluding carboxylic acids is 1. The SMILES string of the molecule is CN(CCC(=O)Nc1cccnc1)CC1COc2ccccc2O1. The van der Waals surface area contributed by atoms with Crippen molar-refractivity contribution in [1.29, 1.82) is 0 Å². The Hall–Kier alpha value is -2.60. The van der Waals surface area contributed by atoms with Crippen LogP contribution in [0.5, 0.6) is 11.5 Å². The van der Waals surface area contributed by atoms with Gasteiger partial charge in [0.25, 0.3) is 0 Å². The highest BCUT2D eigenvalue weighted by Crippen LogP contribution is 2.30. The van der Waals surface area contributed by atoms with Gasteiger partial charge < -0.3 is 19.7 Å². The van der Waals surface area contributed by atoms with Gasteiger partial charge in [-0.3, -0.25) is 9.78 Å². The van der Waals surface area contributed by atoms with Crippen LogP contribution in [0.25, 0.3) is 0 Å². The molecule has 0 saturated carbocycles. The van der Waals surface area contributed by atoms with E-state index in [1.807, 2.05) is 37.4 Å². The lowest BCUT2D eigenvalue weighted by atomic mass is 10.2. The van der Waals surface area contributed by atoms with Crippen LogP contribution < -0.4 is 14.8 Å². The Labute approximate surface area is 141 Å². The van der Waals surface area contributed by atoms with Gasteiger partial charge in [0.05, 0.1) is 11.9 Å². The van der Waals surface area contributed by atoms with E-state index >= 15 is 0 Å². The molecule has 0 radical (unpaired) electrons. The number of carbonyl (C=O) groups is 1. The highest BCUT2D eigenvalue weighted by atomic mass is 16.6. The largest absolute Gasteiger partial charge is 0.486 e. The van der Waals surface area contributed by atoms with E-state index in [2.05, 4.69) is 15.2 Å². The molecule has 0 spiro atoms. The van der Waals surface area contributed by atoms with Crippen LogP contribution in [-0.4, -0.2) is 48.6 Å². The van der Waals surface area contributed by atoms with Crippen molar-refractivity contribution in [2.24, 2.45) is 0 Å². The number of amides is 1. The minimum atomic E-state index is -0.0358. The Morgan fingerprint density at radius 2 is 2.12 bits per heavy atom. The summed E-state index contributed by atoms with van der Waals surface area (Å²) in [6.45, 7) is 1.87. The fraction of sp³-hybridized carbons (Fsp3) is 0.333. The zero-order valence-electron chi connectivity index (χ0n) is 13.6. The average Bonchev–Trinajstić information content (AvgIpc) is 2.61. The number of hydrogen-bond donors (Lipinski definition) is 1. The topological polar surface area (TPSA) is 63.7 Å². The molecule has 1 aromatic carbocycles. The van der Waals surface area contributed by atoms with Crippen LogP contribution in [0.1, 0.15) is 6.42 Å². The van der Waals surface area contributed by atoms with Gasteiger partial charge in [-0.2, -0.15) is 0 Å². The summed E-state index contributed by atoms with van der Waals surface area (Å²) in [6.07, 6.45) is 3.68. The number of nitrogens with zero attached hydrogens (tertiary/aromatic N) is 2. The molecule has 2 aromatic rings. The maximum absolute atomic E-state index is 12.0. The minimum absolute atomic E-state index is 0.0268. The first-order valence-electron chi connectivity index (χ1n) is 7.97. The van der Waals surface area contributed by atoms with Crippen LogP contribution in [0.2, 0.25) is 0 Å². The number of aromatic nitrogens is 1. The van der Waals surface area contributed by atoms with E-state index in [0.717, 1.165) is 11.5 Å². The second-order valence-electron chi connectivity index (χ2n) is 5.80. The summed E-state index contributed by atoms with van der Waals surface area (Å²) in [5.74, 6) is 1.53. The summed E-state index contributed by atoms with van der Waals surface area (Å²) in [5, 5.41) is 2.83. The van der Waals surface area contributed by atoms with E-state index < -0.39 is 0 Å². The van der Waals surface area contributed by atoms with Gasteiger partial charge in [-0.25, -0.2) is 0 Å². The molecule has 2 heterocycles. The van der Waals surface area contributed by atoms with Gasteiger partial charge in [-0.05, 0) is 31.3 Å². The highest BCUT2D eigenvalue weighted by Gasteiger charge is 2.21. The van der Waals surface area contributed by atoms with Crippen molar-refractivity contribution >= 4 is 11.6 Å². The molecule has 0 fully saturated rings. The van der Waals surface area contributed by atoms with Crippen molar-refractivity contribution in [3.05, 3.63) is 48.8 Å². The number of nitrogens with one attached hydrogen (secondary N) is 1. The van der Waals surface area contributed by atoms with Crippen molar-refractivity contribution < 1.29 is 14.3 Å². The van der Waals surface area contributed by atoms with Gasteiger partial charge >= 0.3 is 0 Å². The van der Waals surface area contributed by atoms with Crippen LogP contribution in [0.4, 0.5) is 5.69 Å². The molecule has 1 amide bonds. The third kappa shape index (κ3) is 4.45. The van der Waals surface area contributed by atoms with Crippen molar-refractivity contribution in [2.75, 3.05) is 32.1 Å². The van der Waals surface area contributed by atoms with Crippen molar-refractivity contribution in [2.45, 2.75) is 12.5 Å². The predicted molar refractivity (Wildman–Crippen MR) is 91.3 cm³/mol. The zero-order valence-corrected chi connectivity index (χ0v) is 13.6. The molecular formula is C18H21N3O3. The fourth-order valence-corrected chi connectivity index (χ4v) is 2.54. The van der Waals surface area contributed by atoms with Gasteiger partial charge in [0, 0.05) is 25.7 Å². The molecule has 1 atom stereocenters. The van der Waals surface area contributed by atoms with Gasteiger partial charge in [-0.15, -0.1) is 0 Å². The van der Waals surface area contributed by atoms with Crippen LogP contribution in [0.15, 0.2) is 48.8 Å². The smallest absolute Gasteiger partial charge is 0.225 e. The van der Waals surface area contributed by atoms with Gasteiger partial charge in [0.15, 0.2) is 11.5 Å². The third-order valence-electron chi connectivity index (χ3n) is 3.75. The molecule has 1 aliphatic heterocycles. The summed E-state index contributed by atoms with van der Waals surface area (Å²) in [7, 11) is 1.97. The molecule has 6 nitrogen and oxygen atoms in total. The van der Waals surface area contributed by atoms with Gasteiger partial charge in [0.2, 0.25) is 5.91 Å². The molecule has 1 aromatic heterocycles. The number of anilines is 1. The molecule has 126 valence electrons. The molecule has 3 rings (SSSR count). The molecular weight excluding hydrogens is 306 g/mol. The van der Waals surface area contributed by atoms with E-state index in [4.69, 9.17) is 9.47 Å². The molecule has 6 heteroatoms. The van der Waals surface area contributed by atoms with Crippen LogP contribution in [0.3, 0.4) is 0 Å². The lowest BCUT2D eigenvalue weighted by Gasteiger charge is -2.29. The highest BCUT2D eigenvalue weighted by molar-refractivity contribution is 5.90. The van der Waals surface area contributed by atoms with E-state index in [0.29, 0.717) is 31.8 Å². The van der Waals surface area contributed by atoms with Crippen LogP contribution in [0, 0.1) is 0 Å². The Balaban J connectivity index is 1.41. The third-order valence-corrected chi connectivity index (χ3v) is 3.75. The Bertz CT molecular complexity index is 678. The molecule has 1 unspecified atom stereocenters. The number of ether oxygens (including phenoxy) is 2. The van der Waals surface area contributed by atoms with Crippen LogP contribution >= 0.6 is 0 Å². The fourth-order valence-electron chi connectivity index (χ4n) is 2.54. The molecule has 0 saturated heterocycles. The number of fused-ring (bicyclic) bond motifs is 1. The lowest BCUT2D eigenvalue weighted by molar-refractivity contribution is -0.116. The van der Waals surface area contributed by atoms with Crippen LogP contribution in [-0.2, 0) is 4.79 Å². The first-order chi connectivity index (χ1) is 11.7. The zero-order chi connectivity index (χ0) is 16.8.